The van der Waals surface area contributed by atoms with Crippen molar-refractivity contribution < 1.29 is 18.0 Å². The van der Waals surface area contributed by atoms with Crippen molar-refractivity contribution in [3.8, 4) is 0 Å². The number of hydrogen-bond acceptors (Lipinski definition) is 7. The first-order valence-electron chi connectivity index (χ1n) is 9.39. The largest absolute Gasteiger partial charge is 0.365 e. The van der Waals surface area contributed by atoms with Gasteiger partial charge < -0.3 is 16.0 Å². The summed E-state index contributed by atoms with van der Waals surface area (Å²) in [5, 5.41) is 3.20. The molecule has 0 aromatic carbocycles. The van der Waals surface area contributed by atoms with E-state index < -0.39 is 27.9 Å². The Kier molecular flexibility index (Phi) is 7.36. The molecule has 31 heavy (non-hydrogen) atoms. The lowest BCUT2D eigenvalue weighted by atomic mass is 10.0. The van der Waals surface area contributed by atoms with E-state index in [1.54, 1.807) is 0 Å². The van der Waals surface area contributed by atoms with Crippen LogP contribution in [-0.4, -0.2) is 55.6 Å². The Bertz CT molecular complexity index is 1120. The van der Waals surface area contributed by atoms with E-state index in [9.17, 15) is 18.0 Å². The standard InChI is InChI=1S/C18H21ClN4O4S3.ClH/c1-22-8-6-10-12(9-22)28-18(15(10)16(20)24)21-17(25)11-3-2-7-23(11)30(26,27)14-5-4-13(19)29-14;/h4-5,11H,2-3,6-9H2,1H3,(H2,20,24)(H,21,25);1H. The number of sulfonamides is 1. The number of halogens is 2. The summed E-state index contributed by atoms with van der Waals surface area (Å²) in [4.78, 5) is 28.3. The first kappa shape index (κ1) is 24.4. The maximum Gasteiger partial charge on any atom is 0.253 e. The fourth-order valence-electron chi connectivity index (χ4n) is 3.92. The molecular weight excluding hydrogens is 503 g/mol. The third kappa shape index (κ3) is 4.63. The van der Waals surface area contributed by atoms with Gasteiger partial charge in [0, 0.05) is 24.5 Å². The average Bonchev–Trinajstić information content (AvgIpc) is 3.38. The molecule has 4 rings (SSSR count). The molecule has 2 aliphatic heterocycles. The highest BCUT2D eigenvalue weighted by Crippen LogP contribution is 2.38. The van der Waals surface area contributed by atoms with Crippen molar-refractivity contribution in [2.24, 2.45) is 5.73 Å². The number of likely N-dealkylation sites (N-methyl/N-ethyl adjacent to an activating group) is 1. The zero-order chi connectivity index (χ0) is 21.6. The number of thiophene rings is 2. The third-order valence-electron chi connectivity index (χ3n) is 5.35. The van der Waals surface area contributed by atoms with Gasteiger partial charge >= 0.3 is 0 Å². The molecule has 3 N–H and O–H groups in total. The van der Waals surface area contributed by atoms with Gasteiger partial charge in [-0.1, -0.05) is 11.6 Å². The predicted octanol–water partition coefficient (Wildman–Crippen LogP) is 2.76. The predicted molar refractivity (Wildman–Crippen MR) is 125 cm³/mol. The van der Waals surface area contributed by atoms with Crippen molar-refractivity contribution in [2.75, 3.05) is 25.5 Å². The van der Waals surface area contributed by atoms with Crippen molar-refractivity contribution in [1.82, 2.24) is 9.21 Å². The average molecular weight is 526 g/mol. The quantitative estimate of drug-likeness (QED) is 0.624. The third-order valence-corrected chi connectivity index (χ3v) is 10.1. The normalized spacial score (nSPS) is 19.6. The highest BCUT2D eigenvalue weighted by Gasteiger charge is 2.40. The Balaban J connectivity index is 0.00000272. The lowest BCUT2D eigenvalue weighted by Crippen LogP contribution is -2.43. The Morgan fingerprint density at radius 1 is 1.26 bits per heavy atom. The molecular formula is C18H22Cl2N4O4S3. The van der Waals surface area contributed by atoms with Gasteiger partial charge in [0.05, 0.1) is 9.90 Å². The summed E-state index contributed by atoms with van der Waals surface area (Å²) in [5.74, 6) is -1.04. The number of fused-ring (bicyclic) bond motifs is 1. The number of hydrogen-bond donors (Lipinski definition) is 2. The number of rotatable bonds is 5. The second-order valence-electron chi connectivity index (χ2n) is 7.38. The van der Waals surface area contributed by atoms with Gasteiger partial charge in [-0.3, -0.25) is 9.59 Å². The molecule has 2 aromatic rings. The van der Waals surface area contributed by atoms with Gasteiger partial charge in [-0.2, -0.15) is 4.31 Å². The lowest BCUT2D eigenvalue weighted by Gasteiger charge is -2.22. The number of carbonyl (C=O) groups is 2. The van der Waals surface area contributed by atoms with E-state index >= 15 is 0 Å². The molecule has 2 aromatic heterocycles. The van der Waals surface area contributed by atoms with Crippen LogP contribution in [0.25, 0.3) is 0 Å². The Morgan fingerprint density at radius 2 is 2.00 bits per heavy atom. The zero-order valence-electron chi connectivity index (χ0n) is 16.6. The van der Waals surface area contributed by atoms with Crippen LogP contribution in [-0.2, 0) is 27.8 Å². The van der Waals surface area contributed by atoms with Crippen molar-refractivity contribution in [3.05, 3.63) is 32.5 Å². The van der Waals surface area contributed by atoms with Crippen LogP contribution in [0.1, 0.15) is 33.6 Å². The molecule has 13 heteroatoms. The van der Waals surface area contributed by atoms with E-state index in [0.717, 1.165) is 28.3 Å². The Labute approximate surface area is 199 Å². The zero-order valence-corrected chi connectivity index (χ0v) is 20.6. The number of primary amides is 1. The number of anilines is 1. The van der Waals surface area contributed by atoms with Crippen LogP contribution in [0.5, 0.6) is 0 Å². The monoisotopic (exact) mass is 524 g/mol. The second kappa shape index (κ2) is 9.34. The van der Waals surface area contributed by atoms with Crippen molar-refractivity contribution in [1.29, 1.82) is 0 Å². The molecule has 0 spiro atoms. The fourth-order valence-corrected chi connectivity index (χ4v) is 8.52. The minimum Gasteiger partial charge on any atom is -0.365 e. The van der Waals surface area contributed by atoms with Crippen LogP contribution in [0.15, 0.2) is 16.3 Å². The summed E-state index contributed by atoms with van der Waals surface area (Å²) in [7, 11) is -1.84. The van der Waals surface area contributed by atoms with E-state index in [4.69, 9.17) is 17.3 Å². The van der Waals surface area contributed by atoms with Crippen LogP contribution >= 0.6 is 46.7 Å². The summed E-state index contributed by atoms with van der Waals surface area (Å²) in [6.45, 7) is 1.74. The molecule has 1 saturated heterocycles. The van der Waals surface area contributed by atoms with Crippen LogP contribution in [0, 0.1) is 0 Å². The van der Waals surface area contributed by atoms with Crippen LogP contribution < -0.4 is 11.1 Å². The van der Waals surface area contributed by atoms with E-state index in [0.29, 0.717) is 40.7 Å². The van der Waals surface area contributed by atoms with Gasteiger partial charge in [0.25, 0.3) is 15.9 Å². The molecule has 0 bridgehead atoms. The van der Waals surface area contributed by atoms with Gasteiger partial charge in [0.2, 0.25) is 5.91 Å². The minimum absolute atomic E-state index is 0. The maximum atomic E-state index is 13.1. The summed E-state index contributed by atoms with van der Waals surface area (Å²) in [6, 6.07) is 2.12. The Hall–Kier alpha value is -1.21. The molecule has 2 aliphatic rings. The van der Waals surface area contributed by atoms with Gasteiger partial charge in [0.15, 0.2) is 0 Å². The fraction of sp³-hybridized carbons (Fsp3) is 0.444. The summed E-state index contributed by atoms with van der Waals surface area (Å²) in [6.07, 6.45) is 1.66. The molecule has 1 atom stereocenters. The molecule has 170 valence electrons. The highest BCUT2D eigenvalue weighted by atomic mass is 35.5. The molecule has 0 saturated carbocycles. The topological polar surface area (TPSA) is 113 Å². The number of carbonyl (C=O) groups excluding carboxylic acids is 2. The number of nitrogens with two attached hydrogens (primary N) is 1. The Morgan fingerprint density at radius 3 is 2.65 bits per heavy atom. The highest BCUT2D eigenvalue weighted by molar-refractivity contribution is 7.91. The first-order chi connectivity index (χ1) is 14.2. The van der Waals surface area contributed by atoms with Crippen molar-refractivity contribution >= 4 is 73.5 Å². The van der Waals surface area contributed by atoms with E-state index in [-0.39, 0.29) is 23.2 Å². The SMILES string of the molecule is CN1CCc2c(sc(NC(=O)C3CCCN3S(=O)(=O)c3ccc(Cl)s3)c2C(N)=O)C1.Cl. The molecule has 1 unspecified atom stereocenters. The number of nitrogens with one attached hydrogen (secondary N) is 1. The molecule has 0 aliphatic carbocycles. The number of nitrogens with zero attached hydrogens (tertiary/aromatic N) is 2. The maximum absolute atomic E-state index is 13.1. The summed E-state index contributed by atoms with van der Waals surface area (Å²) >= 11 is 8.19. The van der Waals surface area contributed by atoms with E-state index in [2.05, 4.69) is 10.2 Å². The molecule has 0 radical (unpaired) electrons. The van der Waals surface area contributed by atoms with Crippen LogP contribution in [0.2, 0.25) is 4.34 Å². The van der Waals surface area contributed by atoms with Gasteiger partial charge in [-0.15, -0.1) is 35.1 Å². The molecule has 1 fully saturated rings. The second-order valence-corrected chi connectivity index (χ2v) is 12.3. The minimum atomic E-state index is -3.83. The summed E-state index contributed by atoms with van der Waals surface area (Å²) < 4.78 is 27.7. The summed E-state index contributed by atoms with van der Waals surface area (Å²) in [5.41, 5.74) is 6.83. The lowest BCUT2D eigenvalue weighted by molar-refractivity contribution is -0.119. The smallest absolute Gasteiger partial charge is 0.253 e. The van der Waals surface area contributed by atoms with Gasteiger partial charge in [-0.05, 0) is 44.0 Å². The van der Waals surface area contributed by atoms with E-state index in [1.165, 1.54) is 27.8 Å². The molecule has 2 amide bonds. The number of amides is 2. The van der Waals surface area contributed by atoms with Crippen LogP contribution in [0.3, 0.4) is 0 Å². The molecule has 8 nitrogen and oxygen atoms in total. The van der Waals surface area contributed by atoms with Gasteiger partial charge in [-0.25, -0.2) is 8.42 Å². The first-order valence-corrected chi connectivity index (χ1v) is 12.8. The van der Waals surface area contributed by atoms with Crippen molar-refractivity contribution in [2.45, 2.75) is 36.1 Å². The van der Waals surface area contributed by atoms with E-state index in [1.807, 2.05) is 7.05 Å². The molecule has 4 heterocycles. The van der Waals surface area contributed by atoms with Crippen molar-refractivity contribution in [3.63, 3.8) is 0 Å². The van der Waals surface area contributed by atoms with Crippen LogP contribution in [0.4, 0.5) is 5.00 Å². The van der Waals surface area contributed by atoms with Gasteiger partial charge in [0.1, 0.15) is 15.3 Å².